The van der Waals surface area contributed by atoms with Crippen LogP contribution in [0.3, 0.4) is 0 Å². The molecular formula is C18H14N2O6. The molecule has 0 spiro atoms. The van der Waals surface area contributed by atoms with E-state index in [1.54, 1.807) is 0 Å². The molecule has 2 aromatic carbocycles. The van der Waals surface area contributed by atoms with Gasteiger partial charge in [-0.2, -0.15) is 0 Å². The predicted octanol–water partition coefficient (Wildman–Crippen LogP) is 2.73. The lowest BCUT2D eigenvalue weighted by atomic mass is 10.1. The van der Waals surface area contributed by atoms with Gasteiger partial charge in [-0.05, 0) is 43.3 Å². The summed E-state index contributed by atoms with van der Waals surface area (Å²) in [6.45, 7) is 0.965. The Balaban J connectivity index is 1.76. The Morgan fingerprint density at radius 2 is 1.50 bits per heavy atom. The Labute approximate surface area is 147 Å². The second-order valence-electron chi connectivity index (χ2n) is 5.52. The van der Waals surface area contributed by atoms with Gasteiger partial charge in [0.2, 0.25) is 5.88 Å². The highest BCUT2D eigenvalue weighted by atomic mass is 16.6. The molecule has 0 bridgehead atoms. The number of aliphatic carboxylic acids is 2. The van der Waals surface area contributed by atoms with E-state index in [4.69, 9.17) is 19.7 Å². The van der Waals surface area contributed by atoms with Crippen molar-refractivity contribution in [1.29, 1.82) is 0 Å². The van der Waals surface area contributed by atoms with E-state index in [0.717, 1.165) is 12.4 Å². The highest BCUT2D eigenvalue weighted by molar-refractivity contribution is 6.01. The monoisotopic (exact) mass is 354 g/mol. The first-order valence-corrected chi connectivity index (χ1v) is 7.54. The number of fused-ring (bicyclic) bond motifs is 1. The largest absolute Gasteiger partial charge is 0.478 e. The van der Waals surface area contributed by atoms with Crippen molar-refractivity contribution in [1.82, 2.24) is 9.97 Å². The Hall–Kier alpha value is -3.68. The van der Waals surface area contributed by atoms with Gasteiger partial charge >= 0.3 is 11.9 Å². The number of para-hydroxylation sites is 2. The summed E-state index contributed by atoms with van der Waals surface area (Å²) < 4.78 is 10.7. The first-order chi connectivity index (χ1) is 12.4. The molecule has 0 aliphatic rings. The average molecular weight is 354 g/mol. The van der Waals surface area contributed by atoms with Gasteiger partial charge in [0.15, 0.2) is 0 Å². The van der Waals surface area contributed by atoms with E-state index >= 15 is 0 Å². The van der Waals surface area contributed by atoms with Gasteiger partial charge in [-0.1, -0.05) is 12.1 Å². The Kier molecular flexibility index (Phi) is 4.40. The number of hydrogen-bond donors (Lipinski definition) is 2. The van der Waals surface area contributed by atoms with Crippen molar-refractivity contribution in [3.05, 3.63) is 54.7 Å². The number of nitrogens with zero attached hydrogens (tertiary/aromatic N) is 2. The van der Waals surface area contributed by atoms with Crippen LogP contribution < -0.4 is 9.47 Å². The van der Waals surface area contributed by atoms with Gasteiger partial charge in [0.25, 0.3) is 5.60 Å². The highest BCUT2D eigenvalue weighted by Crippen LogP contribution is 2.25. The van der Waals surface area contributed by atoms with Gasteiger partial charge in [-0.3, -0.25) is 0 Å². The molecule has 1 heterocycles. The molecule has 0 radical (unpaired) electrons. The first kappa shape index (κ1) is 17.2. The molecule has 0 atom stereocenters. The van der Waals surface area contributed by atoms with Gasteiger partial charge in [0, 0.05) is 0 Å². The molecule has 0 amide bonds. The van der Waals surface area contributed by atoms with E-state index in [1.807, 2.05) is 24.3 Å². The van der Waals surface area contributed by atoms with Gasteiger partial charge in [-0.25, -0.2) is 19.6 Å². The minimum atomic E-state index is -2.38. The quantitative estimate of drug-likeness (QED) is 0.649. The molecule has 132 valence electrons. The zero-order chi connectivity index (χ0) is 18.7. The van der Waals surface area contributed by atoms with E-state index in [0.29, 0.717) is 17.1 Å². The van der Waals surface area contributed by atoms with E-state index in [1.165, 1.54) is 30.5 Å². The van der Waals surface area contributed by atoms with Crippen LogP contribution >= 0.6 is 0 Å². The van der Waals surface area contributed by atoms with Crippen LogP contribution in [0.25, 0.3) is 11.0 Å². The molecule has 0 saturated heterocycles. The normalized spacial score (nSPS) is 11.1. The van der Waals surface area contributed by atoms with Crippen LogP contribution in [0.4, 0.5) is 0 Å². The standard InChI is InChI=1S/C18H14N2O6/c1-18(16(21)22,17(23)24)26-12-8-6-11(7-9-12)25-15-10-19-13-4-2-3-5-14(13)20-15/h2-10H,1H3,(H,21,22)(H,23,24). The summed E-state index contributed by atoms with van der Waals surface area (Å²) in [4.78, 5) is 30.8. The molecule has 2 N–H and O–H groups in total. The van der Waals surface area contributed by atoms with E-state index in [-0.39, 0.29) is 5.75 Å². The van der Waals surface area contributed by atoms with E-state index < -0.39 is 17.5 Å². The minimum absolute atomic E-state index is 0.0780. The van der Waals surface area contributed by atoms with Crippen LogP contribution in [0.15, 0.2) is 54.7 Å². The second kappa shape index (κ2) is 6.67. The number of ether oxygens (including phenoxy) is 2. The van der Waals surface area contributed by atoms with Crippen LogP contribution in [0.2, 0.25) is 0 Å². The topological polar surface area (TPSA) is 119 Å². The summed E-state index contributed by atoms with van der Waals surface area (Å²) in [5, 5.41) is 18.1. The molecule has 8 nitrogen and oxygen atoms in total. The number of aromatic nitrogens is 2. The number of carboxylic acid groups (broad SMARTS) is 2. The van der Waals surface area contributed by atoms with Crippen LogP contribution in [0.5, 0.6) is 17.4 Å². The predicted molar refractivity (Wildman–Crippen MR) is 90.4 cm³/mol. The maximum Gasteiger partial charge on any atom is 0.359 e. The van der Waals surface area contributed by atoms with Crippen LogP contribution in [0.1, 0.15) is 6.92 Å². The van der Waals surface area contributed by atoms with Crippen LogP contribution in [-0.4, -0.2) is 37.7 Å². The molecule has 3 rings (SSSR count). The third-order valence-corrected chi connectivity index (χ3v) is 3.61. The minimum Gasteiger partial charge on any atom is -0.478 e. The summed E-state index contributed by atoms with van der Waals surface area (Å²) in [6.07, 6.45) is 1.48. The molecule has 26 heavy (non-hydrogen) atoms. The molecule has 0 saturated carbocycles. The molecule has 1 aromatic heterocycles. The lowest BCUT2D eigenvalue weighted by Crippen LogP contribution is -2.49. The van der Waals surface area contributed by atoms with E-state index in [9.17, 15) is 9.59 Å². The number of hydrogen-bond acceptors (Lipinski definition) is 6. The summed E-state index contributed by atoms with van der Waals surface area (Å²) >= 11 is 0. The number of carboxylic acids is 2. The summed E-state index contributed by atoms with van der Waals surface area (Å²) in [5.41, 5.74) is -0.958. The summed E-state index contributed by atoms with van der Waals surface area (Å²) in [7, 11) is 0. The highest BCUT2D eigenvalue weighted by Gasteiger charge is 2.44. The lowest BCUT2D eigenvalue weighted by Gasteiger charge is -2.21. The van der Waals surface area contributed by atoms with Crippen molar-refractivity contribution in [2.24, 2.45) is 0 Å². The average Bonchev–Trinajstić information content (AvgIpc) is 2.63. The van der Waals surface area contributed by atoms with Crippen molar-refractivity contribution in [2.45, 2.75) is 12.5 Å². The second-order valence-corrected chi connectivity index (χ2v) is 5.52. The third-order valence-electron chi connectivity index (χ3n) is 3.61. The van der Waals surface area contributed by atoms with Gasteiger partial charge in [-0.15, -0.1) is 0 Å². The fourth-order valence-corrected chi connectivity index (χ4v) is 2.10. The molecule has 0 aliphatic heterocycles. The Morgan fingerprint density at radius 3 is 2.12 bits per heavy atom. The van der Waals surface area contributed by atoms with Gasteiger partial charge < -0.3 is 19.7 Å². The molecule has 8 heteroatoms. The molecule has 0 fully saturated rings. The smallest absolute Gasteiger partial charge is 0.359 e. The zero-order valence-corrected chi connectivity index (χ0v) is 13.6. The number of rotatable bonds is 6. The first-order valence-electron chi connectivity index (χ1n) is 7.54. The van der Waals surface area contributed by atoms with Crippen molar-refractivity contribution < 1.29 is 29.3 Å². The zero-order valence-electron chi connectivity index (χ0n) is 13.6. The molecular weight excluding hydrogens is 340 g/mol. The summed E-state index contributed by atoms with van der Waals surface area (Å²) in [5.74, 6) is -2.42. The lowest BCUT2D eigenvalue weighted by molar-refractivity contribution is -0.170. The SMILES string of the molecule is CC(Oc1ccc(Oc2cnc3ccccc3n2)cc1)(C(=O)O)C(=O)O. The van der Waals surface area contributed by atoms with E-state index in [2.05, 4.69) is 9.97 Å². The number of benzene rings is 2. The van der Waals surface area contributed by atoms with Crippen molar-refractivity contribution in [3.8, 4) is 17.4 Å². The third kappa shape index (κ3) is 3.39. The van der Waals surface area contributed by atoms with Crippen molar-refractivity contribution >= 4 is 23.0 Å². The Bertz CT molecular complexity index is 957. The van der Waals surface area contributed by atoms with Gasteiger partial charge in [0.1, 0.15) is 11.5 Å². The number of carbonyl (C=O) groups is 2. The molecule has 3 aromatic rings. The maximum absolute atomic E-state index is 11.1. The summed E-state index contributed by atoms with van der Waals surface area (Å²) in [6, 6.07) is 13.2. The fraction of sp³-hybridized carbons (Fsp3) is 0.111. The van der Waals surface area contributed by atoms with Gasteiger partial charge in [0.05, 0.1) is 17.2 Å². The Morgan fingerprint density at radius 1 is 0.923 bits per heavy atom. The maximum atomic E-state index is 11.1. The van der Waals surface area contributed by atoms with Crippen LogP contribution in [-0.2, 0) is 9.59 Å². The molecule has 0 unspecified atom stereocenters. The van der Waals surface area contributed by atoms with Crippen molar-refractivity contribution in [2.75, 3.05) is 0 Å². The van der Waals surface area contributed by atoms with Crippen LogP contribution in [0, 0.1) is 0 Å². The fourth-order valence-electron chi connectivity index (χ4n) is 2.10. The molecule has 0 aliphatic carbocycles. The van der Waals surface area contributed by atoms with Crippen molar-refractivity contribution in [3.63, 3.8) is 0 Å².